The van der Waals surface area contributed by atoms with Gasteiger partial charge in [0.25, 0.3) is 0 Å². The number of anilines is 3. The highest BCUT2D eigenvalue weighted by Crippen LogP contribution is 2.42. The zero-order valence-electron chi connectivity index (χ0n) is 36.0. The molecule has 1 atom stereocenters. The third-order valence-corrected chi connectivity index (χ3v) is 14.8. The molecule has 2 saturated heterocycles. The molecule has 0 bridgehead atoms. The van der Waals surface area contributed by atoms with E-state index in [4.69, 9.17) is 9.97 Å². The van der Waals surface area contributed by atoms with Crippen molar-refractivity contribution >= 4 is 56.4 Å². The lowest BCUT2D eigenvalue weighted by Crippen LogP contribution is -2.45. The fourth-order valence-corrected chi connectivity index (χ4v) is 10.6. The summed E-state index contributed by atoms with van der Waals surface area (Å²) in [6.07, 6.45) is 9.08. The first-order valence-electron chi connectivity index (χ1n) is 21.5. The molecule has 6 heterocycles. The van der Waals surface area contributed by atoms with Crippen LogP contribution in [0.1, 0.15) is 87.4 Å². The van der Waals surface area contributed by atoms with E-state index in [-0.39, 0.29) is 46.1 Å². The van der Waals surface area contributed by atoms with Gasteiger partial charge in [0.15, 0.2) is 5.82 Å². The summed E-state index contributed by atoms with van der Waals surface area (Å²) in [4.78, 5) is 56.3. The SMILES string of the molecule is CCCS(=O)(=O)Nc1cccc(-c2nc(C(C)(C)C)sc2-c2ccnc(Nc3cnn(CC4CCN(C(=O)CN5CCc6cc([C@H]7CCC(=O)NC7=O)ccc6C5)CC4)c3)n2)c1F. The summed E-state index contributed by atoms with van der Waals surface area (Å²) in [5.74, 6) is -0.760. The number of carbonyl (C=O) groups excluding carboxylic acids is 3. The van der Waals surface area contributed by atoms with E-state index >= 15 is 4.39 Å². The average molecular weight is 897 g/mol. The molecule has 2 fully saturated rings. The normalized spacial score (nSPS) is 17.7. The molecule has 5 aromatic rings. The summed E-state index contributed by atoms with van der Waals surface area (Å²) in [5.41, 5.74) is 4.61. The van der Waals surface area contributed by atoms with Crippen molar-refractivity contribution in [2.24, 2.45) is 5.92 Å². The van der Waals surface area contributed by atoms with Gasteiger partial charge in [-0.1, -0.05) is 52.0 Å². The Morgan fingerprint density at radius 3 is 2.59 bits per heavy atom. The molecule has 63 heavy (non-hydrogen) atoms. The first-order valence-corrected chi connectivity index (χ1v) is 24.0. The molecule has 0 saturated carbocycles. The zero-order chi connectivity index (χ0) is 44.5. The quantitative estimate of drug-likeness (QED) is 0.108. The third-order valence-electron chi connectivity index (χ3n) is 11.8. The van der Waals surface area contributed by atoms with Crippen molar-refractivity contribution in [3.8, 4) is 21.8 Å². The molecule has 3 N–H and O–H groups in total. The van der Waals surface area contributed by atoms with Gasteiger partial charge in [-0.05, 0) is 72.9 Å². The number of carbonyl (C=O) groups is 3. The van der Waals surface area contributed by atoms with Crippen LogP contribution in [-0.2, 0) is 49.3 Å². The van der Waals surface area contributed by atoms with Crippen LogP contribution in [0.4, 0.5) is 21.7 Å². The van der Waals surface area contributed by atoms with Crippen molar-refractivity contribution in [3.63, 3.8) is 0 Å². The topological polar surface area (TPSA) is 184 Å². The van der Waals surface area contributed by atoms with E-state index < -0.39 is 15.8 Å². The number of piperidine rings is 2. The fourth-order valence-electron chi connectivity index (χ4n) is 8.40. The largest absolute Gasteiger partial charge is 0.342 e. The standard InChI is InChI=1S/C45H53FN10O5S2/c1-5-21-63(60,61)53-35-8-6-7-34(39(35)46)40-41(62-43(52-40)45(2,3)4)36-13-17-47-44(50-36)49-32-23-48-56(26-32)24-28-14-19-55(20-15-28)38(58)27-54-18-16-29-22-30(9-10-31(29)25-54)33-11-12-37(57)51-42(33)59/h6-10,13,17,22-23,26,28,33,53H,5,11-12,14-16,18-21,24-25,27H2,1-4H3,(H,47,49,50)(H,51,57,59)/t33-/m1/s1. The Balaban J connectivity index is 0.863. The molecule has 0 aliphatic carbocycles. The molecule has 15 nitrogen and oxygen atoms in total. The minimum Gasteiger partial charge on any atom is -0.342 e. The van der Waals surface area contributed by atoms with Gasteiger partial charge in [0.2, 0.25) is 33.7 Å². The van der Waals surface area contributed by atoms with Crippen LogP contribution in [-0.4, -0.2) is 92.6 Å². The molecule has 3 aromatic heterocycles. The number of hydrogen-bond donors (Lipinski definition) is 3. The number of sulfonamides is 1. The van der Waals surface area contributed by atoms with Gasteiger partial charge in [0.1, 0.15) is 0 Å². The molecule has 2 aromatic carbocycles. The van der Waals surface area contributed by atoms with Crippen LogP contribution < -0.4 is 15.4 Å². The van der Waals surface area contributed by atoms with Gasteiger partial charge in [-0.25, -0.2) is 27.8 Å². The lowest BCUT2D eigenvalue weighted by atomic mass is 9.87. The number of nitrogens with zero attached hydrogens (tertiary/aromatic N) is 7. The van der Waals surface area contributed by atoms with Crippen molar-refractivity contribution in [1.29, 1.82) is 0 Å². The van der Waals surface area contributed by atoms with E-state index in [9.17, 15) is 22.8 Å². The molecular weight excluding hydrogens is 844 g/mol. The predicted molar refractivity (Wildman–Crippen MR) is 240 cm³/mol. The van der Waals surface area contributed by atoms with Crippen molar-refractivity contribution in [2.45, 2.75) is 90.6 Å². The number of hydrogen-bond acceptors (Lipinski definition) is 12. The van der Waals surface area contributed by atoms with E-state index in [0.29, 0.717) is 85.8 Å². The molecule has 332 valence electrons. The molecule has 0 unspecified atom stereocenters. The van der Waals surface area contributed by atoms with Crippen LogP contribution >= 0.6 is 11.3 Å². The maximum absolute atomic E-state index is 16.1. The second-order valence-electron chi connectivity index (χ2n) is 17.7. The van der Waals surface area contributed by atoms with Gasteiger partial charge in [0.05, 0.1) is 57.1 Å². The number of halogens is 1. The Kier molecular flexibility index (Phi) is 12.8. The number of aromatic nitrogens is 5. The van der Waals surface area contributed by atoms with Crippen molar-refractivity contribution < 1.29 is 27.2 Å². The van der Waals surface area contributed by atoms with Gasteiger partial charge >= 0.3 is 0 Å². The number of fused-ring (bicyclic) bond motifs is 1. The van der Waals surface area contributed by atoms with E-state index in [1.807, 2.05) is 42.6 Å². The van der Waals surface area contributed by atoms with Crippen LogP contribution in [0, 0.1) is 11.7 Å². The molecule has 0 spiro atoms. The lowest BCUT2D eigenvalue weighted by Gasteiger charge is -2.35. The van der Waals surface area contributed by atoms with Crippen molar-refractivity contribution in [1.82, 2.24) is 39.8 Å². The van der Waals surface area contributed by atoms with Gasteiger partial charge in [0, 0.05) is 62.5 Å². The van der Waals surface area contributed by atoms with Crippen molar-refractivity contribution in [2.75, 3.05) is 42.0 Å². The molecule has 8 rings (SSSR count). The Bertz CT molecular complexity index is 2630. The Morgan fingerprint density at radius 1 is 1.02 bits per heavy atom. The third kappa shape index (κ3) is 10.3. The number of amides is 3. The second-order valence-corrected chi connectivity index (χ2v) is 20.5. The number of imide groups is 1. The highest BCUT2D eigenvalue weighted by Gasteiger charge is 2.31. The Morgan fingerprint density at radius 2 is 1.83 bits per heavy atom. The van der Waals surface area contributed by atoms with E-state index in [1.165, 1.54) is 28.5 Å². The number of benzene rings is 2. The minimum absolute atomic E-state index is 0.123. The first kappa shape index (κ1) is 44.0. The Labute approximate surface area is 371 Å². The number of likely N-dealkylation sites (tertiary alicyclic amines) is 1. The maximum atomic E-state index is 16.1. The summed E-state index contributed by atoms with van der Waals surface area (Å²) < 4.78 is 45.4. The number of rotatable bonds is 13. The molecule has 3 aliphatic rings. The maximum Gasteiger partial charge on any atom is 0.236 e. The second kappa shape index (κ2) is 18.3. The molecule has 0 radical (unpaired) electrons. The van der Waals surface area contributed by atoms with E-state index in [2.05, 4.69) is 42.5 Å². The molecule has 3 aliphatic heterocycles. The summed E-state index contributed by atoms with van der Waals surface area (Å²) in [5, 5.41) is 11.1. The van der Waals surface area contributed by atoms with Gasteiger partial charge in [-0.15, -0.1) is 11.3 Å². The number of nitrogens with one attached hydrogen (secondary N) is 3. The molecular formula is C45H53FN10O5S2. The van der Waals surface area contributed by atoms with Gasteiger partial charge < -0.3 is 10.2 Å². The van der Waals surface area contributed by atoms with Crippen LogP contribution in [0.15, 0.2) is 61.1 Å². The highest BCUT2D eigenvalue weighted by atomic mass is 32.2. The minimum atomic E-state index is -3.72. The van der Waals surface area contributed by atoms with Crippen LogP contribution in [0.25, 0.3) is 21.8 Å². The summed E-state index contributed by atoms with van der Waals surface area (Å²) in [7, 11) is -3.72. The molecule has 18 heteroatoms. The van der Waals surface area contributed by atoms with Gasteiger partial charge in [-0.3, -0.25) is 34.0 Å². The van der Waals surface area contributed by atoms with Crippen LogP contribution in [0.5, 0.6) is 0 Å². The average Bonchev–Trinajstić information content (AvgIpc) is 3.89. The predicted octanol–water partition coefficient (Wildman–Crippen LogP) is 6.61. The smallest absolute Gasteiger partial charge is 0.236 e. The fraction of sp³-hybridized carbons (Fsp3) is 0.444. The van der Waals surface area contributed by atoms with E-state index in [1.54, 1.807) is 37.5 Å². The monoisotopic (exact) mass is 896 g/mol. The van der Waals surface area contributed by atoms with Crippen molar-refractivity contribution in [3.05, 3.63) is 88.6 Å². The van der Waals surface area contributed by atoms with Crippen LogP contribution in [0.2, 0.25) is 0 Å². The number of thiazole rings is 1. The summed E-state index contributed by atoms with van der Waals surface area (Å²) in [6, 6.07) is 12.5. The van der Waals surface area contributed by atoms with Crippen LogP contribution in [0.3, 0.4) is 0 Å². The summed E-state index contributed by atoms with van der Waals surface area (Å²) in [6.45, 7) is 11.7. The highest BCUT2D eigenvalue weighted by molar-refractivity contribution is 7.92. The van der Waals surface area contributed by atoms with Gasteiger partial charge in [-0.2, -0.15) is 5.10 Å². The zero-order valence-corrected chi connectivity index (χ0v) is 37.6. The first-order chi connectivity index (χ1) is 30.1. The summed E-state index contributed by atoms with van der Waals surface area (Å²) >= 11 is 1.41. The molecule has 3 amide bonds. The Hall–Kier alpha value is -5.59. The lowest BCUT2D eigenvalue weighted by molar-refractivity contribution is -0.135. The van der Waals surface area contributed by atoms with E-state index in [0.717, 1.165) is 36.4 Å².